The Morgan fingerprint density at radius 1 is 1.33 bits per heavy atom. The zero-order chi connectivity index (χ0) is 15.2. The first-order valence-corrected chi connectivity index (χ1v) is 6.82. The van der Waals surface area contributed by atoms with Crippen LogP contribution >= 0.6 is 11.6 Å². The fourth-order valence-electron chi connectivity index (χ4n) is 1.70. The molecule has 0 aliphatic rings. The molecule has 2 aromatic rings. The third kappa shape index (κ3) is 4.47. The standard InChI is InChI=1S/C14H16ClN5O/c1-10(13(21)19-14-16-6-3-7-17-14)20(2)9-11-4-5-12(15)18-8-11/h3-8,10H,9H2,1-2H3,(H,16,17,19,21)/t10-/m1/s1. The lowest BCUT2D eigenvalue weighted by molar-refractivity contribution is -0.120. The lowest BCUT2D eigenvalue weighted by Crippen LogP contribution is -2.39. The number of anilines is 1. The van der Waals surface area contributed by atoms with Crippen LogP contribution in [0.4, 0.5) is 5.95 Å². The Bertz CT molecular complexity index is 590. The lowest BCUT2D eigenvalue weighted by atomic mass is 10.2. The summed E-state index contributed by atoms with van der Waals surface area (Å²) in [6.45, 7) is 2.41. The summed E-state index contributed by atoms with van der Waals surface area (Å²) in [5.41, 5.74) is 0.984. The second-order valence-corrected chi connectivity index (χ2v) is 5.03. The highest BCUT2D eigenvalue weighted by Crippen LogP contribution is 2.09. The van der Waals surface area contributed by atoms with Gasteiger partial charge in [0.2, 0.25) is 11.9 Å². The van der Waals surface area contributed by atoms with E-state index in [4.69, 9.17) is 11.6 Å². The van der Waals surface area contributed by atoms with E-state index in [1.165, 1.54) is 0 Å². The molecule has 0 saturated carbocycles. The normalized spacial score (nSPS) is 12.2. The molecule has 0 aliphatic heterocycles. The van der Waals surface area contributed by atoms with Gasteiger partial charge in [0.1, 0.15) is 5.15 Å². The molecule has 21 heavy (non-hydrogen) atoms. The number of carbonyl (C=O) groups is 1. The molecule has 0 radical (unpaired) electrons. The molecule has 1 atom stereocenters. The highest BCUT2D eigenvalue weighted by atomic mass is 35.5. The van der Waals surface area contributed by atoms with Gasteiger partial charge in [-0.15, -0.1) is 0 Å². The number of nitrogens with one attached hydrogen (secondary N) is 1. The molecule has 0 saturated heterocycles. The minimum Gasteiger partial charge on any atom is -0.293 e. The Labute approximate surface area is 128 Å². The maximum absolute atomic E-state index is 12.1. The number of carbonyl (C=O) groups excluding carboxylic acids is 1. The second-order valence-electron chi connectivity index (χ2n) is 4.64. The maximum Gasteiger partial charge on any atom is 0.243 e. The van der Waals surface area contributed by atoms with E-state index in [1.807, 2.05) is 24.9 Å². The molecule has 0 aliphatic carbocycles. The number of pyridine rings is 1. The van der Waals surface area contributed by atoms with E-state index in [2.05, 4.69) is 20.3 Å². The number of halogens is 1. The van der Waals surface area contributed by atoms with E-state index in [0.717, 1.165) is 5.56 Å². The van der Waals surface area contributed by atoms with Gasteiger partial charge in [-0.25, -0.2) is 15.0 Å². The van der Waals surface area contributed by atoms with Gasteiger partial charge in [-0.2, -0.15) is 0 Å². The summed E-state index contributed by atoms with van der Waals surface area (Å²) in [4.78, 5) is 26.0. The number of nitrogens with zero attached hydrogens (tertiary/aromatic N) is 4. The fourth-order valence-corrected chi connectivity index (χ4v) is 1.82. The van der Waals surface area contributed by atoms with Crippen molar-refractivity contribution >= 4 is 23.5 Å². The first-order valence-electron chi connectivity index (χ1n) is 6.45. The SMILES string of the molecule is C[C@H](C(=O)Nc1ncccn1)N(C)Cc1ccc(Cl)nc1. The predicted molar refractivity (Wildman–Crippen MR) is 80.8 cm³/mol. The number of rotatable bonds is 5. The average Bonchev–Trinajstić information content (AvgIpc) is 2.49. The van der Waals surface area contributed by atoms with Crippen LogP contribution in [-0.4, -0.2) is 38.8 Å². The summed E-state index contributed by atoms with van der Waals surface area (Å²) in [7, 11) is 1.87. The Balaban J connectivity index is 1.93. The summed E-state index contributed by atoms with van der Waals surface area (Å²) in [5, 5.41) is 3.13. The Hall–Kier alpha value is -2.05. The van der Waals surface area contributed by atoms with Crippen molar-refractivity contribution < 1.29 is 4.79 Å². The molecule has 1 N–H and O–H groups in total. The molecule has 0 fully saturated rings. The highest BCUT2D eigenvalue weighted by Gasteiger charge is 2.19. The molecular formula is C14H16ClN5O. The molecular weight excluding hydrogens is 290 g/mol. The van der Waals surface area contributed by atoms with Gasteiger partial charge < -0.3 is 0 Å². The van der Waals surface area contributed by atoms with Crippen LogP contribution in [-0.2, 0) is 11.3 Å². The molecule has 0 bridgehead atoms. The minimum atomic E-state index is -0.329. The topological polar surface area (TPSA) is 71.0 Å². The van der Waals surface area contributed by atoms with E-state index >= 15 is 0 Å². The molecule has 0 aromatic carbocycles. The Morgan fingerprint density at radius 3 is 2.67 bits per heavy atom. The van der Waals surface area contributed by atoms with Crippen molar-refractivity contribution in [3.05, 3.63) is 47.5 Å². The van der Waals surface area contributed by atoms with Crippen LogP contribution in [0.1, 0.15) is 12.5 Å². The molecule has 0 unspecified atom stereocenters. The van der Waals surface area contributed by atoms with E-state index in [0.29, 0.717) is 17.6 Å². The van der Waals surface area contributed by atoms with Crippen LogP contribution in [0.25, 0.3) is 0 Å². The molecule has 0 spiro atoms. The van der Waals surface area contributed by atoms with E-state index in [1.54, 1.807) is 30.7 Å². The molecule has 110 valence electrons. The van der Waals surface area contributed by atoms with Gasteiger partial charge in [0, 0.05) is 25.1 Å². The van der Waals surface area contributed by atoms with Crippen LogP contribution < -0.4 is 5.32 Å². The van der Waals surface area contributed by atoms with E-state index in [-0.39, 0.29) is 11.9 Å². The molecule has 2 aromatic heterocycles. The minimum absolute atomic E-state index is 0.161. The molecule has 6 nitrogen and oxygen atoms in total. The highest BCUT2D eigenvalue weighted by molar-refractivity contribution is 6.29. The zero-order valence-corrected chi connectivity index (χ0v) is 12.6. The van der Waals surface area contributed by atoms with E-state index < -0.39 is 0 Å². The fraction of sp³-hybridized carbons (Fsp3) is 0.286. The van der Waals surface area contributed by atoms with Gasteiger partial charge in [-0.3, -0.25) is 15.0 Å². The van der Waals surface area contributed by atoms with Crippen molar-refractivity contribution in [2.24, 2.45) is 0 Å². The quantitative estimate of drug-likeness (QED) is 0.855. The van der Waals surface area contributed by atoms with Gasteiger partial charge in [0.25, 0.3) is 0 Å². The molecule has 1 amide bonds. The van der Waals surface area contributed by atoms with Crippen molar-refractivity contribution in [3.63, 3.8) is 0 Å². The maximum atomic E-state index is 12.1. The number of aromatic nitrogens is 3. The summed E-state index contributed by atoms with van der Waals surface area (Å²) in [6, 6.07) is 4.98. The van der Waals surface area contributed by atoms with Gasteiger partial charge >= 0.3 is 0 Å². The number of likely N-dealkylation sites (N-methyl/N-ethyl adjacent to an activating group) is 1. The van der Waals surface area contributed by atoms with Crippen LogP contribution in [0, 0.1) is 0 Å². The third-order valence-corrected chi connectivity index (χ3v) is 3.29. The molecule has 2 heterocycles. The van der Waals surface area contributed by atoms with Gasteiger partial charge in [0.15, 0.2) is 0 Å². The van der Waals surface area contributed by atoms with Gasteiger partial charge in [0.05, 0.1) is 6.04 Å². The van der Waals surface area contributed by atoms with Crippen LogP contribution in [0.15, 0.2) is 36.8 Å². The summed E-state index contributed by atoms with van der Waals surface area (Å²) in [5.74, 6) is 0.140. The lowest BCUT2D eigenvalue weighted by Gasteiger charge is -2.23. The monoisotopic (exact) mass is 305 g/mol. The zero-order valence-electron chi connectivity index (χ0n) is 11.8. The van der Waals surface area contributed by atoms with Crippen molar-refractivity contribution in [3.8, 4) is 0 Å². The van der Waals surface area contributed by atoms with Crippen LogP contribution in [0.3, 0.4) is 0 Å². The Kier molecular flexibility index (Phi) is 5.19. The first-order chi connectivity index (χ1) is 10.1. The van der Waals surface area contributed by atoms with Crippen molar-refractivity contribution in [1.82, 2.24) is 19.9 Å². The van der Waals surface area contributed by atoms with Crippen molar-refractivity contribution in [2.45, 2.75) is 19.5 Å². The third-order valence-electron chi connectivity index (χ3n) is 3.06. The molecule has 2 rings (SSSR count). The number of amides is 1. The average molecular weight is 306 g/mol. The smallest absolute Gasteiger partial charge is 0.243 e. The van der Waals surface area contributed by atoms with E-state index in [9.17, 15) is 4.79 Å². The summed E-state index contributed by atoms with van der Waals surface area (Å²) in [6.07, 6.45) is 4.86. The van der Waals surface area contributed by atoms with Crippen LogP contribution in [0.2, 0.25) is 5.15 Å². The summed E-state index contributed by atoms with van der Waals surface area (Å²) < 4.78 is 0. The first kappa shape index (κ1) is 15.3. The van der Waals surface area contributed by atoms with Crippen molar-refractivity contribution in [2.75, 3.05) is 12.4 Å². The molecule has 7 heteroatoms. The predicted octanol–water partition coefficient (Wildman–Crippen LogP) is 1.98. The summed E-state index contributed by atoms with van der Waals surface area (Å²) >= 11 is 5.75. The number of hydrogen-bond donors (Lipinski definition) is 1. The van der Waals surface area contributed by atoms with Crippen LogP contribution in [0.5, 0.6) is 0 Å². The van der Waals surface area contributed by atoms with Crippen molar-refractivity contribution in [1.29, 1.82) is 0 Å². The second kappa shape index (κ2) is 7.10. The van der Waals surface area contributed by atoms with Gasteiger partial charge in [-0.05, 0) is 31.7 Å². The number of hydrogen-bond acceptors (Lipinski definition) is 5. The largest absolute Gasteiger partial charge is 0.293 e. The van der Waals surface area contributed by atoms with Gasteiger partial charge in [-0.1, -0.05) is 17.7 Å². The Morgan fingerprint density at radius 2 is 2.05 bits per heavy atom.